The highest BCUT2D eigenvalue weighted by Gasteiger charge is 2.24. The molecule has 144 valence electrons. The van der Waals surface area contributed by atoms with Crippen LogP contribution >= 0.6 is 0 Å². The summed E-state index contributed by atoms with van der Waals surface area (Å²) in [7, 11) is -3.58. The summed E-state index contributed by atoms with van der Waals surface area (Å²) in [5.41, 5.74) is 4.09. The minimum absolute atomic E-state index is 0.194. The maximum Gasteiger partial charge on any atom is 0.261 e. The topological polar surface area (TPSA) is 58.6 Å². The highest BCUT2D eigenvalue weighted by molar-refractivity contribution is 7.92. The molecule has 2 aliphatic rings. The Morgan fingerprint density at radius 2 is 1.78 bits per heavy atom. The van der Waals surface area contributed by atoms with Gasteiger partial charge in [0, 0.05) is 24.0 Å². The highest BCUT2D eigenvalue weighted by atomic mass is 32.2. The summed E-state index contributed by atoms with van der Waals surface area (Å²) < 4.78 is 33.9. The Balaban J connectivity index is 1.51. The van der Waals surface area contributed by atoms with Crippen molar-refractivity contribution in [3.8, 4) is 0 Å². The fraction of sp³-hybridized carbons (Fsp3) is 0.429. The molecule has 4 rings (SSSR count). The van der Waals surface area contributed by atoms with Gasteiger partial charge < -0.3 is 9.64 Å². The summed E-state index contributed by atoms with van der Waals surface area (Å²) >= 11 is 0. The first-order chi connectivity index (χ1) is 12.9. The molecule has 5 nitrogen and oxygen atoms in total. The molecule has 1 heterocycles. The summed E-state index contributed by atoms with van der Waals surface area (Å²) in [6.07, 6.45) is 3.30. The van der Waals surface area contributed by atoms with Gasteiger partial charge in [-0.2, -0.15) is 0 Å². The molecular weight excluding hydrogens is 360 g/mol. The van der Waals surface area contributed by atoms with E-state index in [2.05, 4.69) is 23.5 Å². The zero-order chi connectivity index (χ0) is 19.0. The first-order valence-corrected chi connectivity index (χ1v) is 11.0. The number of hydrogen-bond donors (Lipinski definition) is 1. The molecule has 1 saturated heterocycles. The van der Waals surface area contributed by atoms with E-state index in [-0.39, 0.29) is 6.10 Å². The molecule has 27 heavy (non-hydrogen) atoms. The molecule has 6 heteroatoms. The summed E-state index contributed by atoms with van der Waals surface area (Å²) in [4.78, 5) is 2.63. The Labute approximate surface area is 161 Å². The van der Waals surface area contributed by atoms with Crippen LogP contribution in [0.5, 0.6) is 0 Å². The maximum absolute atomic E-state index is 12.7. The molecule has 1 fully saturated rings. The third kappa shape index (κ3) is 3.82. The minimum atomic E-state index is -3.58. The van der Waals surface area contributed by atoms with Crippen molar-refractivity contribution in [2.45, 2.75) is 50.2 Å². The molecule has 0 bridgehead atoms. The van der Waals surface area contributed by atoms with E-state index in [1.54, 1.807) is 6.07 Å². The monoisotopic (exact) mass is 386 g/mol. The molecule has 0 spiro atoms. The van der Waals surface area contributed by atoms with Crippen molar-refractivity contribution >= 4 is 21.4 Å². The van der Waals surface area contributed by atoms with Gasteiger partial charge in [0.1, 0.15) is 0 Å². The molecule has 1 aliphatic heterocycles. The van der Waals surface area contributed by atoms with Crippen LogP contribution in [0.25, 0.3) is 0 Å². The van der Waals surface area contributed by atoms with Gasteiger partial charge in [-0.1, -0.05) is 6.07 Å². The molecule has 0 saturated carbocycles. The number of sulfonamides is 1. The van der Waals surface area contributed by atoms with Gasteiger partial charge in [0.25, 0.3) is 10.0 Å². The number of hydrogen-bond acceptors (Lipinski definition) is 4. The second-order valence-corrected chi connectivity index (χ2v) is 9.26. The molecule has 2 unspecified atom stereocenters. The Kier molecular flexibility index (Phi) is 4.86. The number of ether oxygens (including phenoxy) is 1. The quantitative estimate of drug-likeness (QED) is 0.872. The van der Waals surface area contributed by atoms with Crippen LogP contribution in [-0.4, -0.2) is 33.7 Å². The van der Waals surface area contributed by atoms with Crippen molar-refractivity contribution in [3.05, 3.63) is 53.6 Å². The number of fused-ring (bicyclic) bond motifs is 1. The maximum atomic E-state index is 12.7. The minimum Gasteiger partial charge on any atom is -0.375 e. The number of rotatable bonds is 4. The van der Waals surface area contributed by atoms with Crippen molar-refractivity contribution in [1.29, 1.82) is 0 Å². The van der Waals surface area contributed by atoms with Crippen LogP contribution in [0.4, 0.5) is 11.4 Å². The van der Waals surface area contributed by atoms with Crippen molar-refractivity contribution in [1.82, 2.24) is 0 Å². The molecular formula is C21H26N2O3S. The normalized spacial score (nSPS) is 22.5. The lowest BCUT2D eigenvalue weighted by Gasteiger charge is -2.38. The van der Waals surface area contributed by atoms with Gasteiger partial charge in [0.15, 0.2) is 0 Å². The first-order valence-electron chi connectivity index (χ1n) is 9.55. The molecule has 2 aromatic rings. The Bertz CT molecular complexity index is 925. The van der Waals surface area contributed by atoms with E-state index in [4.69, 9.17) is 4.74 Å². The first kappa shape index (κ1) is 18.3. The second kappa shape index (κ2) is 7.17. The van der Waals surface area contributed by atoms with Gasteiger partial charge in [-0.15, -0.1) is 0 Å². The van der Waals surface area contributed by atoms with Crippen LogP contribution in [0.3, 0.4) is 0 Å². The molecule has 0 aromatic heterocycles. The summed E-state index contributed by atoms with van der Waals surface area (Å²) in [6.45, 7) is 5.74. The van der Waals surface area contributed by atoms with E-state index in [0.717, 1.165) is 37.1 Å². The number of nitrogens with zero attached hydrogens (tertiary/aromatic N) is 1. The van der Waals surface area contributed by atoms with Gasteiger partial charge in [-0.3, -0.25) is 4.72 Å². The molecule has 1 N–H and O–H groups in total. The van der Waals surface area contributed by atoms with Crippen LogP contribution in [0.2, 0.25) is 0 Å². The van der Waals surface area contributed by atoms with Crippen molar-refractivity contribution in [2.24, 2.45) is 0 Å². The molecule has 0 amide bonds. The Hall–Kier alpha value is -2.05. The summed E-state index contributed by atoms with van der Waals surface area (Å²) in [5, 5.41) is 0. The third-order valence-electron chi connectivity index (χ3n) is 5.44. The predicted molar refractivity (Wildman–Crippen MR) is 108 cm³/mol. The van der Waals surface area contributed by atoms with Crippen LogP contribution in [0.15, 0.2) is 47.4 Å². The standard InChI is InChI=1S/C21H26N2O3S/c1-15-14-26-16(2)13-23(15)20-9-7-19(8-10-20)22-27(24,25)21-11-6-17-4-3-5-18(17)12-21/h6-12,15-16,22H,3-5,13-14H2,1-2H3. The average Bonchev–Trinajstić information content (AvgIpc) is 3.12. The van der Waals surface area contributed by atoms with E-state index in [1.165, 1.54) is 5.56 Å². The van der Waals surface area contributed by atoms with E-state index in [9.17, 15) is 8.42 Å². The number of anilines is 2. The Morgan fingerprint density at radius 1 is 1.04 bits per heavy atom. The molecule has 2 atom stereocenters. The zero-order valence-electron chi connectivity index (χ0n) is 15.8. The lowest BCUT2D eigenvalue weighted by atomic mass is 10.1. The van der Waals surface area contributed by atoms with Crippen molar-refractivity contribution in [3.63, 3.8) is 0 Å². The Morgan fingerprint density at radius 3 is 2.56 bits per heavy atom. The number of morpholine rings is 1. The number of benzene rings is 2. The van der Waals surface area contributed by atoms with Gasteiger partial charge in [0.05, 0.1) is 17.6 Å². The van der Waals surface area contributed by atoms with E-state index in [0.29, 0.717) is 23.2 Å². The van der Waals surface area contributed by atoms with Gasteiger partial charge in [0.2, 0.25) is 0 Å². The zero-order valence-corrected chi connectivity index (χ0v) is 16.6. The van der Waals surface area contributed by atoms with Gasteiger partial charge in [-0.05, 0) is 80.6 Å². The van der Waals surface area contributed by atoms with E-state index in [1.807, 2.05) is 36.4 Å². The van der Waals surface area contributed by atoms with E-state index >= 15 is 0 Å². The van der Waals surface area contributed by atoms with E-state index < -0.39 is 10.0 Å². The van der Waals surface area contributed by atoms with Gasteiger partial charge in [-0.25, -0.2) is 8.42 Å². The number of nitrogens with one attached hydrogen (secondary N) is 1. The second-order valence-electron chi connectivity index (χ2n) is 7.58. The van der Waals surface area contributed by atoms with Crippen molar-refractivity contribution in [2.75, 3.05) is 22.8 Å². The SMILES string of the molecule is CC1CN(c2ccc(NS(=O)(=O)c3ccc4c(c3)CCC4)cc2)C(C)CO1. The van der Waals surface area contributed by atoms with Crippen LogP contribution in [0, 0.1) is 0 Å². The fourth-order valence-corrected chi connectivity index (χ4v) is 5.02. The fourth-order valence-electron chi connectivity index (χ4n) is 3.91. The average molecular weight is 387 g/mol. The van der Waals surface area contributed by atoms with Crippen LogP contribution in [0.1, 0.15) is 31.4 Å². The summed E-state index contributed by atoms with van der Waals surface area (Å²) in [6, 6.07) is 13.4. The smallest absolute Gasteiger partial charge is 0.261 e. The highest BCUT2D eigenvalue weighted by Crippen LogP contribution is 2.27. The van der Waals surface area contributed by atoms with Gasteiger partial charge >= 0.3 is 0 Å². The lowest BCUT2D eigenvalue weighted by molar-refractivity contribution is 0.0344. The van der Waals surface area contributed by atoms with Crippen LogP contribution in [-0.2, 0) is 27.6 Å². The van der Waals surface area contributed by atoms with Crippen molar-refractivity contribution < 1.29 is 13.2 Å². The molecule has 0 radical (unpaired) electrons. The van der Waals surface area contributed by atoms with Crippen LogP contribution < -0.4 is 9.62 Å². The molecule has 2 aromatic carbocycles. The molecule has 1 aliphatic carbocycles. The summed E-state index contributed by atoms with van der Waals surface area (Å²) in [5.74, 6) is 0. The third-order valence-corrected chi connectivity index (χ3v) is 6.82. The largest absolute Gasteiger partial charge is 0.375 e. The lowest BCUT2D eigenvalue weighted by Crippen LogP contribution is -2.47. The predicted octanol–water partition coefficient (Wildman–Crippen LogP) is 3.59. The number of aryl methyl sites for hydroxylation is 2.